The molecule has 1 N–H and O–H groups in total. The molecule has 0 aliphatic carbocycles. The molecule has 1 heterocycles. The fraction of sp³-hybridized carbons (Fsp3) is 0.381. The summed E-state index contributed by atoms with van der Waals surface area (Å²) in [5.41, 5.74) is 3.90. The van der Waals surface area contributed by atoms with Crippen molar-refractivity contribution in [2.45, 2.75) is 33.1 Å². The number of carbonyl (C=O) groups is 1. The van der Waals surface area contributed by atoms with Crippen LogP contribution in [0.5, 0.6) is 11.5 Å². The molecular formula is C21H25NO3. The molecule has 0 unspecified atom stereocenters. The molecule has 4 heteroatoms. The summed E-state index contributed by atoms with van der Waals surface area (Å²) in [6, 6.07) is 11.8. The standard InChI is InChI=1S/C21H25NO3/c1-14-5-6-16(11-15(14)2)20(23)22-13-21(3,4)17-7-8-18-19(12-17)25-10-9-24-18/h5-8,11-12H,9-10,13H2,1-4H3,(H,22,23). The van der Waals surface area contributed by atoms with Gasteiger partial charge < -0.3 is 14.8 Å². The second kappa shape index (κ2) is 6.79. The molecule has 0 spiro atoms. The van der Waals surface area contributed by atoms with Gasteiger partial charge in [-0.25, -0.2) is 0 Å². The first-order valence-electron chi connectivity index (χ1n) is 8.62. The van der Waals surface area contributed by atoms with Gasteiger partial charge >= 0.3 is 0 Å². The molecule has 2 aromatic rings. The Morgan fingerprint density at radius 2 is 1.72 bits per heavy atom. The molecule has 1 aliphatic rings. The summed E-state index contributed by atoms with van der Waals surface area (Å²) in [4.78, 5) is 12.5. The minimum atomic E-state index is -0.217. The monoisotopic (exact) mass is 339 g/mol. The fourth-order valence-electron chi connectivity index (χ4n) is 2.85. The van der Waals surface area contributed by atoms with E-state index in [1.54, 1.807) is 0 Å². The van der Waals surface area contributed by atoms with Crippen LogP contribution < -0.4 is 14.8 Å². The largest absolute Gasteiger partial charge is 0.486 e. The smallest absolute Gasteiger partial charge is 0.251 e. The maximum atomic E-state index is 12.5. The third-order valence-electron chi connectivity index (χ3n) is 4.78. The molecule has 0 fully saturated rings. The molecule has 0 bridgehead atoms. The first kappa shape index (κ1) is 17.3. The number of benzene rings is 2. The van der Waals surface area contributed by atoms with Crippen molar-refractivity contribution in [1.29, 1.82) is 0 Å². The van der Waals surface area contributed by atoms with Crippen LogP contribution in [0.25, 0.3) is 0 Å². The molecule has 0 aromatic heterocycles. The van der Waals surface area contributed by atoms with Crippen molar-refractivity contribution >= 4 is 5.91 Å². The topological polar surface area (TPSA) is 47.6 Å². The molecule has 0 atom stereocenters. The molecule has 3 rings (SSSR count). The van der Waals surface area contributed by atoms with Gasteiger partial charge in [-0.05, 0) is 54.8 Å². The van der Waals surface area contributed by atoms with E-state index in [0.29, 0.717) is 25.3 Å². The normalized spacial score (nSPS) is 13.4. The maximum absolute atomic E-state index is 12.5. The van der Waals surface area contributed by atoms with Gasteiger partial charge in [-0.3, -0.25) is 4.79 Å². The van der Waals surface area contributed by atoms with Crippen LogP contribution >= 0.6 is 0 Å². The van der Waals surface area contributed by atoms with E-state index in [-0.39, 0.29) is 11.3 Å². The molecule has 2 aromatic carbocycles. The molecule has 25 heavy (non-hydrogen) atoms. The lowest BCUT2D eigenvalue weighted by Crippen LogP contribution is -2.36. The van der Waals surface area contributed by atoms with E-state index in [4.69, 9.17) is 9.47 Å². The second-order valence-electron chi connectivity index (χ2n) is 7.22. The number of nitrogens with one attached hydrogen (secondary N) is 1. The van der Waals surface area contributed by atoms with E-state index >= 15 is 0 Å². The number of fused-ring (bicyclic) bond motifs is 1. The average Bonchev–Trinajstić information content (AvgIpc) is 2.61. The van der Waals surface area contributed by atoms with E-state index < -0.39 is 0 Å². The Hall–Kier alpha value is -2.49. The number of ether oxygens (including phenoxy) is 2. The lowest BCUT2D eigenvalue weighted by atomic mass is 9.84. The first-order chi connectivity index (χ1) is 11.9. The average molecular weight is 339 g/mol. The van der Waals surface area contributed by atoms with Gasteiger partial charge in [-0.2, -0.15) is 0 Å². The van der Waals surface area contributed by atoms with Crippen molar-refractivity contribution in [1.82, 2.24) is 5.32 Å². The molecule has 0 saturated carbocycles. The van der Waals surface area contributed by atoms with Crippen LogP contribution in [0.4, 0.5) is 0 Å². The van der Waals surface area contributed by atoms with Crippen molar-refractivity contribution in [3.8, 4) is 11.5 Å². The number of aryl methyl sites for hydroxylation is 2. The minimum Gasteiger partial charge on any atom is -0.486 e. The van der Waals surface area contributed by atoms with Gasteiger partial charge in [0.2, 0.25) is 0 Å². The van der Waals surface area contributed by atoms with E-state index in [1.807, 2.05) is 50.2 Å². The zero-order chi connectivity index (χ0) is 18.0. The Labute approximate surface area is 149 Å². The van der Waals surface area contributed by atoms with Gasteiger partial charge in [0.1, 0.15) is 13.2 Å². The van der Waals surface area contributed by atoms with Gasteiger partial charge in [0.15, 0.2) is 11.5 Å². The van der Waals surface area contributed by atoms with E-state index in [9.17, 15) is 4.79 Å². The van der Waals surface area contributed by atoms with E-state index in [2.05, 4.69) is 19.2 Å². The Kier molecular flexibility index (Phi) is 4.71. The second-order valence-corrected chi connectivity index (χ2v) is 7.22. The highest BCUT2D eigenvalue weighted by molar-refractivity contribution is 5.94. The predicted octanol–water partition coefficient (Wildman–Crippen LogP) is 3.78. The minimum absolute atomic E-state index is 0.0475. The zero-order valence-electron chi connectivity index (χ0n) is 15.3. The molecule has 4 nitrogen and oxygen atoms in total. The number of rotatable bonds is 4. The molecule has 1 aliphatic heterocycles. The van der Waals surface area contributed by atoms with Crippen LogP contribution in [-0.2, 0) is 5.41 Å². The van der Waals surface area contributed by atoms with Gasteiger partial charge in [-0.1, -0.05) is 26.0 Å². The van der Waals surface area contributed by atoms with E-state index in [1.165, 1.54) is 5.56 Å². The zero-order valence-corrected chi connectivity index (χ0v) is 15.3. The van der Waals surface area contributed by atoms with Crippen LogP contribution in [0.2, 0.25) is 0 Å². The molecule has 0 saturated heterocycles. The first-order valence-corrected chi connectivity index (χ1v) is 8.62. The summed E-state index contributed by atoms with van der Waals surface area (Å²) >= 11 is 0. The summed E-state index contributed by atoms with van der Waals surface area (Å²) in [5.74, 6) is 1.51. The summed E-state index contributed by atoms with van der Waals surface area (Å²) in [6.07, 6.45) is 0. The number of hydrogen-bond donors (Lipinski definition) is 1. The fourth-order valence-corrected chi connectivity index (χ4v) is 2.85. The number of amides is 1. The summed E-state index contributed by atoms with van der Waals surface area (Å²) in [7, 11) is 0. The SMILES string of the molecule is Cc1ccc(C(=O)NCC(C)(C)c2ccc3c(c2)OCCO3)cc1C. The van der Waals surface area contributed by atoms with Crippen LogP contribution in [0.3, 0.4) is 0 Å². The van der Waals surface area contributed by atoms with Gasteiger partial charge in [0.25, 0.3) is 5.91 Å². The van der Waals surface area contributed by atoms with Crippen molar-refractivity contribution in [3.05, 3.63) is 58.7 Å². The molecule has 132 valence electrons. The Morgan fingerprint density at radius 3 is 2.44 bits per heavy atom. The Morgan fingerprint density at radius 1 is 1.00 bits per heavy atom. The van der Waals surface area contributed by atoms with E-state index in [0.717, 1.165) is 22.6 Å². The maximum Gasteiger partial charge on any atom is 0.251 e. The highest BCUT2D eigenvalue weighted by Gasteiger charge is 2.24. The van der Waals surface area contributed by atoms with Crippen LogP contribution in [-0.4, -0.2) is 25.7 Å². The lowest BCUT2D eigenvalue weighted by molar-refractivity contribution is 0.0945. The predicted molar refractivity (Wildman–Crippen MR) is 98.7 cm³/mol. The highest BCUT2D eigenvalue weighted by Crippen LogP contribution is 2.34. The summed E-state index contributed by atoms with van der Waals surface area (Å²) in [5, 5.41) is 3.05. The lowest BCUT2D eigenvalue weighted by Gasteiger charge is -2.28. The Bertz CT molecular complexity index is 796. The van der Waals surface area contributed by atoms with Gasteiger partial charge in [0, 0.05) is 17.5 Å². The van der Waals surface area contributed by atoms with Crippen molar-refractivity contribution in [3.63, 3.8) is 0 Å². The van der Waals surface area contributed by atoms with Gasteiger partial charge in [-0.15, -0.1) is 0 Å². The highest BCUT2D eigenvalue weighted by atomic mass is 16.6. The number of carbonyl (C=O) groups excluding carboxylic acids is 1. The molecular weight excluding hydrogens is 314 g/mol. The third kappa shape index (κ3) is 3.78. The third-order valence-corrected chi connectivity index (χ3v) is 4.78. The molecule has 0 radical (unpaired) electrons. The summed E-state index contributed by atoms with van der Waals surface area (Å²) in [6.45, 7) is 9.98. The van der Waals surface area contributed by atoms with Crippen molar-refractivity contribution in [2.75, 3.05) is 19.8 Å². The molecule has 1 amide bonds. The quantitative estimate of drug-likeness (QED) is 0.922. The van der Waals surface area contributed by atoms with Crippen LogP contribution in [0.15, 0.2) is 36.4 Å². The summed E-state index contributed by atoms with van der Waals surface area (Å²) < 4.78 is 11.2. The Balaban J connectivity index is 1.70. The van der Waals surface area contributed by atoms with Gasteiger partial charge in [0.05, 0.1) is 0 Å². The van der Waals surface area contributed by atoms with Crippen LogP contribution in [0.1, 0.15) is 40.9 Å². The van der Waals surface area contributed by atoms with Crippen LogP contribution in [0, 0.1) is 13.8 Å². The van der Waals surface area contributed by atoms with Crippen molar-refractivity contribution in [2.24, 2.45) is 0 Å². The van der Waals surface area contributed by atoms with Crippen molar-refractivity contribution < 1.29 is 14.3 Å². The number of hydrogen-bond acceptors (Lipinski definition) is 3.